The first kappa shape index (κ1) is 26.6. The van der Waals surface area contributed by atoms with E-state index in [9.17, 15) is 17.6 Å². The van der Waals surface area contributed by atoms with Gasteiger partial charge in [0.15, 0.2) is 11.6 Å². The molecule has 0 unspecified atom stereocenters. The van der Waals surface area contributed by atoms with Crippen molar-refractivity contribution in [3.05, 3.63) is 53.1 Å². The first-order valence-corrected chi connectivity index (χ1v) is 13.8. The molecule has 4 rings (SSSR count). The van der Waals surface area contributed by atoms with Gasteiger partial charge in [-0.25, -0.2) is 22.5 Å². The lowest BCUT2D eigenvalue weighted by Gasteiger charge is -2.27. The van der Waals surface area contributed by atoms with E-state index in [0.717, 1.165) is 25.7 Å². The van der Waals surface area contributed by atoms with E-state index in [1.54, 1.807) is 29.9 Å². The minimum Gasteiger partial charge on any atom is -0.494 e. The molecule has 37 heavy (non-hydrogen) atoms. The van der Waals surface area contributed by atoms with Gasteiger partial charge in [-0.1, -0.05) is 6.07 Å². The zero-order chi connectivity index (χ0) is 26.6. The van der Waals surface area contributed by atoms with Crippen LogP contribution >= 0.6 is 0 Å². The third-order valence-electron chi connectivity index (χ3n) is 6.21. The number of aromatic nitrogens is 5. The lowest BCUT2D eigenvalue weighted by atomic mass is 9.86. The molecule has 198 valence electrons. The normalized spacial score (nSPS) is 17.9. The quantitative estimate of drug-likeness (QED) is 0.428. The van der Waals surface area contributed by atoms with Crippen LogP contribution in [0.1, 0.15) is 47.4 Å². The van der Waals surface area contributed by atoms with E-state index < -0.39 is 15.8 Å². The summed E-state index contributed by atoms with van der Waals surface area (Å²) in [6.45, 7) is 2.53. The molecule has 0 spiro atoms. The van der Waals surface area contributed by atoms with Crippen molar-refractivity contribution in [3.8, 4) is 17.1 Å². The van der Waals surface area contributed by atoms with Gasteiger partial charge in [0.05, 0.1) is 19.9 Å². The number of pyridine rings is 1. The predicted molar refractivity (Wildman–Crippen MR) is 134 cm³/mol. The number of tetrazole rings is 1. The molecule has 1 aromatic carbocycles. The van der Waals surface area contributed by atoms with E-state index in [1.807, 2.05) is 0 Å². The zero-order valence-corrected chi connectivity index (χ0v) is 21.8. The maximum absolute atomic E-state index is 13.6. The minimum atomic E-state index is -3.21. The molecule has 0 atom stereocenters. The largest absolute Gasteiger partial charge is 0.494 e. The Hall–Kier alpha value is -3.45. The number of nitrogens with zero attached hydrogens (tertiary/aromatic N) is 5. The van der Waals surface area contributed by atoms with E-state index >= 15 is 0 Å². The smallest absolute Gasteiger partial charge is 0.270 e. The number of aryl methyl sites for hydroxylation is 1. The van der Waals surface area contributed by atoms with E-state index in [1.165, 1.54) is 25.5 Å². The molecule has 1 fully saturated rings. The highest BCUT2D eigenvalue weighted by atomic mass is 32.2. The zero-order valence-electron chi connectivity index (χ0n) is 20.9. The molecule has 2 heterocycles. The molecule has 0 aliphatic heterocycles. The van der Waals surface area contributed by atoms with Crippen LogP contribution in [0.15, 0.2) is 30.3 Å². The summed E-state index contributed by atoms with van der Waals surface area (Å²) in [7, 11) is -1.82. The van der Waals surface area contributed by atoms with Gasteiger partial charge in [-0.2, -0.15) is 4.80 Å². The summed E-state index contributed by atoms with van der Waals surface area (Å²) in [5.74, 6) is -0.0455. The van der Waals surface area contributed by atoms with Crippen molar-refractivity contribution in [2.24, 2.45) is 5.92 Å². The molecule has 11 nitrogen and oxygen atoms in total. The summed E-state index contributed by atoms with van der Waals surface area (Å²) < 4.78 is 44.2. The molecule has 1 aliphatic carbocycles. The SMILES string of the molecule is COc1cc(CNC(=O)c2cc(-c3nnn(CC4CCC(NS(C)(=O)=O)CC4)n3)cc(C)n2)ccc1F. The molecule has 13 heteroatoms. The number of benzene rings is 1. The average molecular weight is 532 g/mol. The summed E-state index contributed by atoms with van der Waals surface area (Å²) in [6, 6.07) is 7.75. The molecule has 0 bridgehead atoms. The van der Waals surface area contributed by atoms with Crippen molar-refractivity contribution in [3.63, 3.8) is 0 Å². The maximum Gasteiger partial charge on any atom is 0.270 e. The average Bonchev–Trinajstić information content (AvgIpc) is 3.32. The number of amides is 1. The Morgan fingerprint density at radius 3 is 2.65 bits per heavy atom. The van der Waals surface area contributed by atoms with Crippen LogP contribution in [-0.2, 0) is 23.1 Å². The van der Waals surface area contributed by atoms with E-state index in [0.29, 0.717) is 35.1 Å². The molecule has 3 aromatic rings. The number of carbonyl (C=O) groups excluding carboxylic acids is 1. The Morgan fingerprint density at radius 1 is 1.19 bits per heavy atom. The molecular formula is C24H30FN7O4S. The van der Waals surface area contributed by atoms with Crippen LogP contribution in [0.3, 0.4) is 0 Å². The topological polar surface area (TPSA) is 141 Å². The van der Waals surface area contributed by atoms with Gasteiger partial charge in [-0.3, -0.25) is 4.79 Å². The number of hydrogen-bond acceptors (Lipinski definition) is 8. The van der Waals surface area contributed by atoms with Crippen molar-refractivity contribution in [1.82, 2.24) is 35.2 Å². The molecule has 0 radical (unpaired) electrons. The van der Waals surface area contributed by atoms with Gasteiger partial charge in [0, 0.05) is 23.8 Å². The monoisotopic (exact) mass is 531 g/mol. The Bertz CT molecular complexity index is 1370. The van der Waals surface area contributed by atoms with Crippen molar-refractivity contribution in [1.29, 1.82) is 0 Å². The lowest BCUT2D eigenvalue weighted by molar-refractivity contribution is 0.0945. The first-order chi connectivity index (χ1) is 17.6. The highest BCUT2D eigenvalue weighted by molar-refractivity contribution is 7.88. The third-order valence-corrected chi connectivity index (χ3v) is 6.98. The van der Waals surface area contributed by atoms with Gasteiger partial charge >= 0.3 is 0 Å². The highest BCUT2D eigenvalue weighted by Gasteiger charge is 2.24. The molecule has 2 aromatic heterocycles. The van der Waals surface area contributed by atoms with Crippen LogP contribution in [0, 0.1) is 18.7 Å². The predicted octanol–water partition coefficient (Wildman–Crippen LogP) is 2.23. The van der Waals surface area contributed by atoms with Gasteiger partial charge in [0.2, 0.25) is 15.8 Å². The summed E-state index contributed by atoms with van der Waals surface area (Å²) in [5.41, 5.74) is 2.13. The van der Waals surface area contributed by atoms with Crippen molar-refractivity contribution >= 4 is 15.9 Å². The molecule has 1 aliphatic rings. The number of carbonyl (C=O) groups is 1. The molecule has 1 saturated carbocycles. The minimum absolute atomic E-state index is 0.0278. The van der Waals surface area contributed by atoms with Crippen LogP contribution in [-0.4, -0.2) is 58.9 Å². The number of hydrogen-bond donors (Lipinski definition) is 2. The third kappa shape index (κ3) is 7.29. The van der Waals surface area contributed by atoms with Gasteiger partial charge in [0.1, 0.15) is 5.69 Å². The Labute approximate surface area is 214 Å². The number of ether oxygens (including phenoxy) is 1. The summed E-state index contributed by atoms with van der Waals surface area (Å²) in [6.07, 6.45) is 4.45. The lowest BCUT2D eigenvalue weighted by Crippen LogP contribution is -2.37. The maximum atomic E-state index is 13.6. The Balaban J connectivity index is 1.38. The number of methoxy groups -OCH3 is 1. The number of sulfonamides is 1. The summed E-state index contributed by atoms with van der Waals surface area (Å²) in [5, 5.41) is 15.6. The van der Waals surface area contributed by atoms with Crippen LogP contribution in [0.2, 0.25) is 0 Å². The molecule has 2 N–H and O–H groups in total. The molecule has 1 amide bonds. The van der Waals surface area contributed by atoms with Crippen LogP contribution in [0.5, 0.6) is 5.75 Å². The van der Waals surface area contributed by atoms with E-state index in [2.05, 4.69) is 30.4 Å². The molecular weight excluding hydrogens is 501 g/mol. The van der Waals surface area contributed by atoms with Crippen LogP contribution in [0.4, 0.5) is 4.39 Å². The number of halogens is 1. The summed E-state index contributed by atoms with van der Waals surface area (Å²) >= 11 is 0. The van der Waals surface area contributed by atoms with Gasteiger partial charge in [0.25, 0.3) is 5.91 Å². The Morgan fingerprint density at radius 2 is 1.95 bits per heavy atom. The van der Waals surface area contributed by atoms with Gasteiger partial charge in [-0.05, 0) is 73.6 Å². The van der Waals surface area contributed by atoms with Gasteiger partial charge < -0.3 is 10.1 Å². The number of rotatable bonds is 9. The van der Waals surface area contributed by atoms with E-state index in [-0.39, 0.29) is 29.9 Å². The Kier molecular flexibility index (Phi) is 8.13. The van der Waals surface area contributed by atoms with E-state index in [4.69, 9.17) is 4.74 Å². The van der Waals surface area contributed by atoms with Crippen molar-refractivity contribution < 1.29 is 22.3 Å². The highest BCUT2D eigenvalue weighted by Crippen LogP contribution is 2.26. The standard InChI is InChI=1S/C24H30FN7O4S/c1-15-10-18(12-21(27-15)24(33)26-13-17-6-9-20(25)22(11-17)36-2)23-28-31-32(29-23)14-16-4-7-19(8-5-16)30-37(3,34)35/h6,9-12,16,19,30H,4-5,7-8,13-14H2,1-3H3,(H,26,33). The van der Waals surface area contributed by atoms with Crippen LogP contribution < -0.4 is 14.8 Å². The second-order valence-electron chi connectivity index (χ2n) is 9.31. The first-order valence-electron chi connectivity index (χ1n) is 11.9. The fourth-order valence-electron chi connectivity index (χ4n) is 4.43. The number of nitrogens with one attached hydrogen (secondary N) is 2. The molecule has 0 saturated heterocycles. The fourth-order valence-corrected chi connectivity index (χ4v) is 5.27. The van der Waals surface area contributed by atoms with Crippen LogP contribution in [0.25, 0.3) is 11.4 Å². The summed E-state index contributed by atoms with van der Waals surface area (Å²) in [4.78, 5) is 18.6. The van der Waals surface area contributed by atoms with Gasteiger partial charge in [-0.15, -0.1) is 10.2 Å². The second kappa shape index (κ2) is 11.3. The second-order valence-corrected chi connectivity index (χ2v) is 11.1. The van der Waals surface area contributed by atoms with Crippen molar-refractivity contribution in [2.45, 2.75) is 51.7 Å². The fraction of sp³-hybridized carbons (Fsp3) is 0.458. The van der Waals surface area contributed by atoms with Crippen molar-refractivity contribution in [2.75, 3.05) is 13.4 Å².